The molecule has 120 valence electrons. The van der Waals surface area contributed by atoms with E-state index in [1.54, 1.807) is 0 Å². The van der Waals surface area contributed by atoms with Gasteiger partial charge in [-0.2, -0.15) is 0 Å². The van der Waals surface area contributed by atoms with Gasteiger partial charge in [-0.15, -0.1) is 0 Å². The Balaban J connectivity index is 1.72. The lowest BCUT2D eigenvalue weighted by atomic mass is 9.82. The molecule has 0 atom stereocenters. The third kappa shape index (κ3) is 1.86. The van der Waals surface area contributed by atoms with Crippen LogP contribution < -0.4 is 4.58 Å². The number of nitrogens with zero attached hydrogens (tertiary/aromatic N) is 2. The van der Waals surface area contributed by atoms with Crippen LogP contribution in [0, 0.1) is 0 Å². The predicted molar refractivity (Wildman–Crippen MR) is 103 cm³/mol. The fourth-order valence-electron chi connectivity index (χ4n) is 4.22. The van der Waals surface area contributed by atoms with E-state index in [9.17, 15) is 0 Å². The quantitative estimate of drug-likeness (QED) is 0.537. The van der Waals surface area contributed by atoms with Crippen LogP contribution in [0.15, 0.2) is 66.7 Å². The molecule has 1 aliphatic heterocycles. The lowest BCUT2D eigenvalue weighted by molar-refractivity contribution is -0.394. The van der Waals surface area contributed by atoms with Crippen molar-refractivity contribution >= 4 is 23.1 Å². The molecular weight excluding hydrogens is 304 g/mol. The topological polar surface area (TPSA) is 6.02 Å². The van der Waals surface area contributed by atoms with E-state index < -0.39 is 0 Å². The molecule has 0 radical (unpaired) electrons. The second-order valence-corrected chi connectivity index (χ2v) is 7.38. The van der Waals surface area contributed by atoms with Gasteiger partial charge in [0, 0.05) is 29.7 Å². The fourth-order valence-corrected chi connectivity index (χ4v) is 4.22. The lowest BCUT2D eigenvalue weighted by Crippen LogP contribution is -2.15. The zero-order valence-corrected chi connectivity index (χ0v) is 14.7. The predicted octanol–water partition coefficient (Wildman–Crippen LogP) is 5.29. The average Bonchev–Trinajstić information content (AvgIpc) is 3.09. The van der Waals surface area contributed by atoms with Gasteiger partial charge in [0.15, 0.2) is 7.05 Å². The fraction of sp³-hybridized carbons (Fsp3) is 0.174. The summed E-state index contributed by atoms with van der Waals surface area (Å²) in [5.41, 5.74) is 9.06. The van der Waals surface area contributed by atoms with Gasteiger partial charge in [0.25, 0.3) is 11.4 Å². The van der Waals surface area contributed by atoms with Crippen LogP contribution in [0.2, 0.25) is 0 Å². The molecule has 5 rings (SSSR count). The van der Waals surface area contributed by atoms with E-state index in [1.165, 1.54) is 33.6 Å². The normalized spacial score (nSPS) is 16.0. The Morgan fingerprint density at radius 3 is 2.28 bits per heavy atom. The third-order valence-electron chi connectivity index (χ3n) is 5.56. The minimum atomic E-state index is 0.0209. The summed E-state index contributed by atoms with van der Waals surface area (Å²) in [6.45, 7) is 4.64. The zero-order valence-electron chi connectivity index (χ0n) is 14.7. The molecule has 0 N–H and O–H groups in total. The first-order chi connectivity index (χ1) is 12.1. The maximum atomic E-state index is 3.44. The van der Waals surface area contributed by atoms with Crippen molar-refractivity contribution in [2.24, 2.45) is 0 Å². The van der Waals surface area contributed by atoms with Gasteiger partial charge in [0.05, 0.1) is 0 Å². The van der Waals surface area contributed by atoms with Crippen LogP contribution in [0.4, 0.5) is 17.1 Å². The molecule has 25 heavy (non-hydrogen) atoms. The molecule has 0 amide bonds. The summed E-state index contributed by atoms with van der Waals surface area (Å²) in [5, 5.41) is 0. The Labute approximate surface area is 148 Å². The van der Waals surface area contributed by atoms with Crippen molar-refractivity contribution in [1.82, 2.24) is 4.58 Å². The molecule has 2 heteroatoms. The summed E-state index contributed by atoms with van der Waals surface area (Å²) < 4.78 is 4.22. The Bertz CT molecular complexity index is 1110. The number of hydrogen-bond acceptors (Lipinski definition) is 0. The van der Waals surface area contributed by atoms with Crippen LogP contribution >= 0.6 is 0 Å². The van der Waals surface area contributed by atoms with Gasteiger partial charge >= 0.3 is 6.01 Å². The highest BCUT2D eigenvalue weighted by Gasteiger charge is 2.38. The van der Waals surface area contributed by atoms with Gasteiger partial charge in [-0.3, -0.25) is 0 Å². The molecule has 0 unspecified atom stereocenters. The first-order valence-electron chi connectivity index (χ1n) is 8.71. The second kappa shape index (κ2) is 4.78. The van der Waals surface area contributed by atoms with Gasteiger partial charge in [0.1, 0.15) is 0 Å². The van der Waals surface area contributed by atoms with Gasteiger partial charge in [0.2, 0.25) is 5.69 Å². The van der Waals surface area contributed by atoms with E-state index in [1.807, 2.05) is 7.05 Å². The van der Waals surface area contributed by atoms with Crippen LogP contribution in [0.3, 0.4) is 0 Å². The highest BCUT2D eigenvalue weighted by atomic mass is 15.2. The molecule has 1 aliphatic carbocycles. The van der Waals surface area contributed by atoms with Crippen LogP contribution in [-0.4, -0.2) is 17.6 Å². The molecule has 0 spiro atoms. The maximum Gasteiger partial charge on any atom is 0.496 e. The number of hydrogen-bond donors (Lipinski definition) is 0. The molecule has 1 heterocycles. The average molecular weight is 324 g/mol. The largest absolute Gasteiger partial charge is 0.496 e. The van der Waals surface area contributed by atoms with Crippen molar-refractivity contribution in [3.8, 4) is 11.1 Å². The standard InChI is InChI=1S/C23H20N2/c1-23(2)19-9-5-4-8-17(19)18-13-12-16(14-20(18)23)25-15-24(3)21-10-6-7-11-22(21)25/h4-14H,1-3H3/q+2. The minimum Gasteiger partial charge on any atom is -0.0894 e. The van der Waals surface area contributed by atoms with Crippen molar-refractivity contribution in [3.05, 3.63) is 77.9 Å². The smallest absolute Gasteiger partial charge is 0.0894 e. The molecular formula is C23H20N2+2. The molecule has 3 aromatic carbocycles. The summed E-state index contributed by atoms with van der Waals surface area (Å²) >= 11 is 0. The number of para-hydroxylation sites is 2. The Morgan fingerprint density at radius 2 is 1.44 bits per heavy atom. The lowest BCUT2D eigenvalue weighted by Gasteiger charge is -2.21. The van der Waals surface area contributed by atoms with E-state index in [-0.39, 0.29) is 5.41 Å². The first kappa shape index (κ1) is 14.4. The number of rotatable bonds is 1. The van der Waals surface area contributed by atoms with E-state index >= 15 is 0 Å². The van der Waals surface area contributed by atoms with E-state index in [0.717, 1.165) is 5.69 Å². The summed E-state index contributed by atoms with van der Waals surface area (Å²) in [6.07, 6.45) is 0. The van der Waals surface area contributed by atoms with Crippen molar-refractivity contribution in [2.75, 3.05) is 7.05 Å². The first-order valence-corrected chi connectivity index (χ1v) is 8.71. The minimum absolute atomic E-state index is 0.0209. The van der Waals surface area contributed by atoms with Crippen molar-refractivity contribution in [3.63, 3.8) is 0 Å². The Hall–Kier alpha value is -2.96. The van der Waals surface area contributed by atoms with Crippen LogP contribution in [0.1, 0.15) is 25.0 Å². The number of benzene rings is 3. The van der Waals surface area contributed by atoms with Crippen molar-refractivity contribution in [2.45, 2.75) is 19.3 Å². The molecule has 2 nitrogen and oxygen atoms in total. The van der Waals surface area contributed by atoms with E-state index in [4.69, 9.17) is 0 Å². The van der Waals surface area contributed by atoms with Gasteiger partial charge in [-0.05, 0) is 32.9 Å². The van der Waals surface area contributed by atoms with Crippen LogP contribution in [0.25, 0.3) is 11.1 Å². The SMILES string of the molecule is C[N+]1=C=[N+](c2ccc3c(c2)C(C)(C)c2ccccc2-3)c2ccccc21. The van der Waals surface area contributed by atoms with E-state index in [0.29, 0.717) is 0 Å². The van der Waals surface area contributed by atoms with Gasteiger partial charge in [-0.1, -0.05) is 54.8 Å². The molecule has 2 aliphatic rings. The highest BCUT2D eigenvalue weighted by Crippen LogP contribution is 2.49. The summed E-state index contributed by atoms with van der Waals surface area (Å²) in [5.74, 6) is 0. The molecule has 0 saturated carbocycles. The third-order valence-corrected chi connectivity index (χ3v) is 5.56. The molecule has 0 bridgehead atoms. The van der Waals surface area contributed by atoms with Crippen molar-refractivity contribution in [1.29, 1.82) is 0 Å². The molecule has 3 aromatic rings. The van der Waals surface area contributed by atoms with Gasteiger partial charge < -0.3 is 0 Å². The maximum absolute atomic E-state index is 3.44. The Morgan fingerprint density at radius 1 is 0.760 bits per heavy atom. The van der Waals surface area contributed by atoms with Crippen molar-refractivity contribution < 1.29 is 4.58 Å². The second-order valence-electron chi connectivity index (χ2n) is 7.38. The summed E-state index contributed by atoms with van der Waals surface area (Å²) in [4.78, 5) is 0. The zero-order chi connectivity index (χ0) is 17.2. The Kier molecular flexibility index (Phi) is 2.75. The monoisotopic (exact) mass is 324 g/mol. The van der Waals surface area contributed by atoms with Crippen LogP contribution in [-0.2, 0) is 5.41 Å². The molecule has 0 saturated heterocycles. The molecule has 0 aromatic heterocycles. The molecule has 0 fully saturated rings. The summed E-state index contributed by atoms with van der Waals surface area (Å²) in [7, 11) is 2.05. The number of fused-ring (bicyclic) bond motifs is 4. The van der Waals surface area contributed by atoms with Crippen LogP contribution in [0.5, 0.6) is 0 Å². The highest BCUT2D eigenvalue weighted by molar-refractivity contribution is 5.83. The summed E-state index contributed by atoms with van der Waals surface area (Å²) in [6, 6.07) is 27.4. The van der Waals surface area contributed by atoms with E-state index in [2.05, 4.69) is 95.7 Å². The van der Waals surface area contributed by atoms with Gasteiger partial charge in [-0.25, -0.2) is 0 Å².